The second-order valence-electron chi connectivity index (χ2n) is 6.56. The third-order valence-corrected chi connectivity index (χ3v) is 6.82. The average molecular weight is 459 g/mol. The summed E-state index contributed by atoms with van der Waals surface area (Å²) in [4.78, 5) is 26.9. The van der Waals surface area contributed by atoms with Crippen molar-refractivity contribution in [2.24, 2.45) is 0 Å². The van der Waals surface area contributed by atoms with Gasteiger partial charge in [0.2, 0.25) is 0 Å². The van der Waals surface area contributed by atoms with Gasteiger partial charge in [-0.05, 0) is 48.5 Å². The van der Waals surface area contributed by atoms with Crippen LogP contribution in [0.3, 0.4) is 0 Å². The van der Waals surface area contributed by atoms with Crippen molar-refractivity contribution in [2.45, 2.75) is 9.79 Å². The normalized spacial score (nSPS) is 10.4. The van der Waals surface area contributed by atoms with E-state index in [0.717, 1.165) is 9.79 Å². The van der Waals surface area contributed by atoms with Crippen LogP contribution in [-0.2, 0) is 0 Å². The van der Waals surface area contributed by atoms with Gasteiger partial charge in [-0.3, -0.25) is 0 Å². The lowest BCUT2D eigenvalue weighted by Crippen LogP contribution is -2.10. The summed E-state index contributed by atoms with van der Waals surface area (Å²) in [6.07, 6.45) is 0. The Bertz CT molecular complexity index is 1110. The Balaban J connectivity index is 1.49. The Labute approximate surface area is 194 Å². The Morgan fingerprint density at radius 1 is 0.469 bits per heavy atom. The topological polar surface area (TPSA) is 52.6 Å². The van der Waals surface area contributed by atoms with Gasteiger partial charge in [0.05, 0.1) is 11.1 Å². The highest BCUT2D eigenvalue weighted by atomic mass is 33.1. The average Bonchev–Trinajstić information content (AvgIpc) is 2.84. The highest BCUT2D eigenvalue weighted by Crippen LogP contribution is 2.40. The number of carbonyl (C=O) groups is 2. The van der Waals surface area contributed by atoms with Crippen molar-refractivity contribution in [1.82, 2.24) is 0 Å². The molecule has 0 amide bonds. The lowest BCUT2D eigenvalue weighted by atomic mass is 10.2. The molecule has 32 heavy (non-hydrogen) atoms. The van der Waals surface area contributed by atoms with Crippen LogP contribution in [-0.4, -0.2) is 11.9 Å². The molecule has 158 valence electrons. The molecule has 0 radical (unpaired) electrons. The van der Waals surface area contributed by atoms with E-state index in [-0.39, 0.29) is 0 Å². The minimum atomic E-state index is -0.434. The van der Waals surface area contributed by atoms with Crippen molar-refractivity contribution >= 4 is 33.5 Å². The SMILES string of the molecule is O=C(Oc1ccccc1)c1ccccc1SSc1ccccc1C(=O)Oc1ccccc1. The molecule has 4 aromatic rings. The molecule has 0 N–H and O–H groups in total. The van der Waals surface area contributed by atoms with E-state index in [0.29, 0.717) is 22.6 Å². The van der Waals surface area contributed by atoms with E-state index in [1.807, 2.05) is 60.7 Å². The molecule has 0 fully saturated rings. The van der Waals surface area contributed by atoms with Crippen LogP contribution in [0.25, 0.3) is 0 Å². The maximum absolute atomic E-state index is 12.7. The van der Waals surface area contributed by atoms with E-state index in [9.17, 15) is 9.59 Å². The van der Waals surface area contributed by atoms with Gasteiger partial charge in [0.15, 0.2) is 0 Å². The molecule has 4 aromatic carbocycles. The van der Waals surface area contributed by atoms with Crippen molar-refractivity contribution < 1.29 is 19.1 Å². The minimum Gasteiger partial charge on any atom is -0.423 e. The van der Waals surface area contributed by atoms with Crippen molar-refractivity contribution in [3.8, 4) is 11.5 Å². The number of hydrogen-bond donors (Lipinski definition) is 0. The van der Waals surface area contributed by atoms with E-state index in [1.165, 1.54) is 21.6 Å². The first-order valence-electron chi connectivity index (χ1n) is 9.78. The molecule has 0 atom stereocenters. The van der Waals surface area contributed by atoms with Gasteiger partial charge < -0.3 is 9.47 Å². The molecule has 0 saturated carbocycles. The van der Waals surface area contributed by atoms with Crippen molar-refractivity contribution in [3.63, 3.8) is 0 Å². The van der Waals surface area contributed by atoms with Crippen molar-refractivity contribution in [2.75, 3.05) is 0 Å². The standard InChI is InChI=1S/C26H18O4S2/c27-25(29-19-11-3-1-4-12-19)21-15-7-9-17-23(21)31-32-24-18-10-8-16-22(24)26(28)30-20-13-5-2-6-14-20/h1-18H. The maximum atomic E-state index is 12.7. The Kier molecular flexibility index (Phi) is 7.27. The minimum absolute atomic E-state index is 0.434. The van der Waals surface area contributed by atoms with Crippen LogP contribution in [0.5, 0.6) is 11.5 Å². The quantitative estimate of drug-likeness (QED) is 0.170. The fourth-order valence-electron chi connectivity index (χ4n) is 2.81. The monoisotopic (exact) mass is 458 g/mol. The fourth-order valence-corrected chi connectivity index (χ4v) is 5.15. The summed E-state index contributed by atoms with van der Waals surface area (Å²) in [5.74, 6) is 0.103. The third kappa shape index (κ3) is 5.60. The summed E-state index contributed by atoms with van der Waals surface area (Å²) >= 11 is 0. The lowest BCUT2D eigenvalue weighted by molar-refractivity contribution is 0.0721. The zero-order valence-electron chi connectivity index (χ0n) is 16.8. The Morgan fingerprint density at radius 3 is 1.22 bits per heavy atom. The predicted molar refractivity (Wildman–Crippen MR) is 127 cm³/mol. The molecule has 0 aromatic heterocycles. The van der Waals surface area contributed by atoms with Crippen molar-refractivity contribution in [3.05, 3.63) is 120 Å². The first-order valence-corrected chi connectivity index (χ1v) is 11.9. The van der Waals surface area contributed by atoms with Crippen molar-refractivity contribution in [1.29, 1.82) is 0 Å². The van der Waals surface area contributed by atoms with E-state index in [2.05, 4.69) is 0 Å². The van der Waals surface area contributed by atoms with Crippen LogP contribution < -0.4 is 9.47 Å². The van der Waals surface area contributed by atoms with Crippen LogP contribution in [0.2, 0.25) is 0 Å². The summed E-state index contributed by atoms with van der Waals surface area (Å²) in [6.45, 7) is 0. The maximum Gasteiger partial charge on any atom is 0.344 e. The Hall–Kier alpha value is -3.48. The zero-order valence-corrected chi connectivity index (χ0v) is 18.5. The van der Waals surface area contributed by atoms with E-state index in [4.69, 9.17) is 9.47 Å². The molecule has 4 nitrogen and oxygen atoms in total. The molecule has 0 bridgehead atoms. The van der Waals surface area contributed by atoms with Gasteiger partial charge in [0.25, 0.3) is 0 Å². The molecule has 0 heterocycles. The number of ether oxygens (including phenoxy) is 2. The molecular formula is C26H18O4S2. The molecule has 0 spiro atoms. The second kappa shape index (κ2) is 10.7. The largest absolute Gasteiger partial charge is 0.423 e. The smallest absolute Gasteiger partial charge is 0.344 e. The zero-order chi connectivity index (χ0) is 22.2. The third-order valence-electron chi connectivity index (χ3n) is 4.34. The number of para-hydroxylation sites is 2. The van der Waals surface area contributed by atoms with E-state index < -0.39 is 11.9 Å². The lowest BCUT2D eigenvalue weighted by Gasteiger charge is -2.11. The number of benzene rings is 4. The molecule has 0 aliphatic heterocycles. The van der Waals surface area contributed by atoms with Crippen LogP contribution in [0.4, 0.5) is 0 Å². The summed E-state index contributed by atoms with van der Waals surface area (Å²) in [6, 6.07) is 32.3. The molecule has 0 aliphatic carbocycles. The molecule has 0 unspecified atom stereocenters. The molecule has 6 heteroatoms. The van der Waals surface area contributed by atoms with Crippen LogP contribution in [0.15, 0.2) is 119 Å². The highest BCUT2D eigenvalue weighted by Gasteiger charge is 2.17. The van der Waals surface area contributed by atoms with Gasteiger partial charge in [-0.1, -0.05) is 82.3 Å². The molecule has 4 rings (SSSR count). The fraction of sp³-hybridized carbons (Fsp3) is 0. The van der Waals surface area contributed by atoms with Gasteiger partial charge in [-0.15, -0.1) is 0 Å². The van der Waals surface area contributed by atoms with Crippen LogP contribution in [0, 0.1) is 0 Å². The molecule has 0 aliphatic rings. The number of rotatable bonds is 7. The van der Waals surface area contributed by atoms with Gasteiger partial charge in [0, 0.05) is 9.79 Å². The second-order valence-corrected chi connectivity index (χ2v) is 8.78. The number of esters is 2. The Morgan fingerprint density at radius 2 is 0.812 bits per heavy atom. The van der Waals surface area contributed by atoms with Gasteiger partial charge in [0.1, 0.15) is 11.5 Å². The van der Waals surface area contributed by atoms with Gasteiger partial charge >= 0.3 is 11.9 Å². The van der Waals surface area contributed by atoms with Crippen LogP contribution >= 0.6 is 21.6 Å². The van der Waals surface area contributed by atoms with Gasteiger partial charge in [-0.25, -0.2) is 9.59 Å². The number of carbonyl (C=O) groups excluding carboxylic acids is 2. The molecule has 0 saturated heterocycles. The predicted octanol–water partition coefficient (Wildman–Crippen LogP) is 6.92. The summed E-state index contributed by atoms with van der Waals surface area (Å²) in [5.41, 5.74) is 0.913. The number of hydrogen-bond acceptors (Lipinski definition) is 6. The highest BCUT2D eigenvalue weighted by molar-refractivity contribution is 8.76. The first-order chi connectivity index (χ1) is 15.7. The summed E-state index contributed by atoms with van der Waals surface area (Å²) in [7, 11) is 2.77. The van der Waals surface area contributed by atoms with E-state index >= 15 is 0 Å². The van der Waals surface area contributed by atoms with E-state index in [1.54, 1.807) is 48.5 Å². The van der Waals surface area contributed by atoms with Crippen LogP contribution in [0.1, 0.15) is 20.7 Å². The molecular weight excluding hydrogens is 440 g/mol. The summed E-state index contributed by atoms with van der Waals surface area (Å²) in [5, 5.41) is 0. The first kappa shape index (κ1) is 21.7. The van der Waals surface area contributed by atoms with Gasteiger partial charge in [-0.2, -0.15) is 0 Å². The summed E-state index contributed by atoms with van der Waals surface area (Å²) < 4.78 is 11.0.